The molecule has 2 unspecified atom stereocenters. The second kappa shape index (κ2) is 3.00. The van der Waals surface area contributed by atoms with Gasteiger partial charge in [0.15, 0.2) is 0 Å². The number of nitriles is 1. The molecule has 1 saturated carbocycles. The molecule has 0 aromatic heterocycles. The molecule has 1 heterocycles. The van der Waals surface area contributed by atoms with Crippen LogP contribution in [0.3, 0.4) is 0 Å². The van der Waals surface area contributed by atoms with Crippen LogP contribution in [0.1, 0.15) is 19.3 Å². The van der Waals surface area contributed by atoms with E-state index in [9.17, 15) is 4.79 Å². The van der Waals surface area contributed by atoms with Crippen LogP contribution in [0.25, 0.3) is 0 Å². The van der Waals surface area contributed by atoms with Crippen LogP contribution in [0, 0.1) is 17.2 Å². The number of carbonyl (C=O) groups is 1. The first-order chi connectivity index (χ1) is 6.27. The van der Waals surface area contributed by atoms with Gasteiger partial charge in [-0.15, -0.1) is 0 Å². The molecule has 70 valence electrons. The minimum Gasteiger partial charge on any atom is -0.348 e. The Hall–Kier alpha value is -1.08. The molecule has 0 aromatic carbocycles. The number of nitrogens with one attached hydrogen (secondary N) is 2. The van der Waals surface area contributed by atoms with Crippen molar-refractivity contribution in [3.63, 3.8) is 0 Å². The molecule has 1 aliphatic heterocycles. The third-order valence-electron chi connectivity index (χ3n) is 3.18. The Morgan fingerprint density at radius 1 is 1.77 bits per heavy atom. The summed E-state index contributed by atoms with van der Waals surface area (Å²) in [5.41, 5.74) is -0.00602. The van der Waals surface area contributed by atoms with Crippen molar-refractivity contribution in [1.82, 2.24) is 10.6 Å². The number of nitrogens with zero attached hydrogens (tertiary/aromatic N) is 1. The summed E-state index contributed by atoms with van der Waals surface area (Å²) in [6.07, 6.45) is 2.23. The van der Waals surface area contributed by atoms with Gasteiger partial charge in [0.25, 0.3) is 0 Å². The van der Waals surface area contributed by atoms with Crippen LogP contribution in [0.2, 0.25) is 0 Å². The van der Waals surface area contributed by atoms with Gasteiger partial charge in [0.1, 0.15) is 6.42 Å². The highest BCUT2D eigenvalue weighted by Crippen LogP contribution is 2.40. The predicted octanol–water partition coefficient (Wildman–Crippen LogP) is -0.232. The first-order valence-electron chi connectivity index (χ1n) is 4.65. The van der Waals surface area contributed by atoms with Crippen molar-refractivity contribution in [2.45, 2.75) is 24.8 Å². The third kappa shape index (κ3) is 1.29. The lowest BCUT2D eigenvalue weighted by Gasteiger charge is -2.44. The zero-order chi connectivity index (χ0) is 9.31. The fourth-order valence-electron chi connectivity index (χ4n) is 2.30. The smallest absolute Gasteiger partial charge is 0.234 e. The predicted molar refractivity (Wildman–Crippen MR) is 46.7 cm³/mol. The lowest BCUT2D eigenvalue weighted by Crippen LogP contribution is -2.59. The molecule has 4 nitrogen and oxygen atoms in total. The fraction of sp³-hybridized carbons (Fsp3) is 0.778. The maximum absolute atomic E-state index is 11.2. The number of hydrogen-bond donors (Lipinski definition) is 2. The van der Waals surface area contributed by atoms with Gasteiger partial charge in [-0.3, -0.25) is 4.79 Å². The van der Waals surface area contributed by atoms with Crippen molar-refractivity contribution in [3.05, 3.63) is 0 Å². The van der Waals surface area contributed by atoms with Gasteiger partial charge in [-0.2, -0.15) is 5.26 Å². The zero-order valence-electron chi connectivity index (χ0n) is 7.47. The summed E-state index contributed by atoms with van der Waals surface area (Å²) in [5, 5.41) is 14.6. The van der Waals surface area contributed by atoms with Crippen molar-refractivity contribution in [2.75, 3.05) is 13.1 Å². The molecule has 0 bridgehead atoms. The van der Waals surface area contributed by atoms with Crippen LogP contribution in [-0.2, 0) is 4.79 Å². The first-order valence-corrected chi connectivity index (χ1v) is 4.65. The van der Waals surface area contributed by atoms with E-state index in [4.69, 9.17) is 5.26 Å². The van der Waals surface area contributed by atoms with E-state index in [1.54, 1.807) is 0 Å². The topological polar surface area (TPSA) is 64.9 Å². The maximum Gasteiger partial charge on any atom is 0.234 e. The van der Waals surface area contributed by atoms with Gasteiger partial charge >= 0.3 is 0 Å². The van der Waals surface area contributed by atoms with Crippen molar-refractivity contribution in [2.24, 2.45) is 5.92 Å². The number of hydrogen-bond acceptors (Lipinski definition) is 3. The molecule has 1 aliphatic carbocycles. The van der Waals surface area contributed by atoms with Gasteiger partial charge in [-0.1, -0.05) is 0 Å². The fourth-order valence-corrected chi connectivity index (χ4v) is 2.30. The summed E-state index contributed by atoms with van der Waals surface area (Å²) < 4.78 is 0. The Labute approximate surface area is 77.3 Å². The van der Waals surface area contributed by atoms with E-state index < -0.39 is 0 Å². The van der Waals surface area contributed by atoms with Gasteiger partial charge in [0, 0.05) is 13.1 Å². The largest absolute Gasteiger partial charge is 0.348 e. The summed E-state index contributed by atoms with van der Waals surface area (Å²) in [6, 6.07) is 1.87. The van der Waals surface area contributed by atoms with Gasteiger partial charge < -0.3 is 10.6 Å². The highest BCUT2D eigenvalue weighted by molar-refractivity contribution is 5.79. The molecule has 2 aliphatic rings. The third-order valence-corrected chi connectivity index (χ3v) is 3.18. The van der Waals surface area contributed by atoms with Crippen LogP contribution in [0.5, 0.6) is 0 Å². The molecule has 1 amide bonds. The number of fused-ring (bicyclic) bond motifs is 1. The molecule has 4 heteroatoms. The summed E-state index contributed by atoms with van der Waals surface area (Å²) in [7, 11) is 0. The molecule has 2 atom stereocenters. The van der Waals surface area contributed by atoms with E-state index in [1.165, 1.54) is 6.42 Å². The molecule has 1 saturated heterocycles. The molecule has 2 rings (SSSR count). The Morgan fingerprint density at radius 2 is 2.62 bits per heavy atom. The van der Waals surface area contributed by atoms with Crippen molar-refractivity contribution >= 4 is 5.91 Å². The SMILES string of the molecule is N#CCC(=O)NC12CCC1CNC2. The highest BCUT2D eigenvalue weighted by Gasteiger charge is 2.50. The summed E-state index contributed by atoms with van der Waals surface area (Å²) >= 11 is 0. The standard InChI is InChI=1S/C9H13N3O/c10-4-2-8(13)12-9-3-1-7(9)5-11-6-9/h7,11H,1-3,5-6H2,(H,12,13). The van der Waals surface area contributed by atoms with E-state index in [0.29, 0.717) is 5.92 Å². The van der Waals surface area contributed by atoms with E-state index in [2.05, 4.69) is 10.6 Å². The minimum atomic E-state index is -0.129. The molecule has 13 heavy (non-hydrogen) atoms. The van der Waals surface area contributed by atoms with Crippen LogP contribution in [-0.4, -0.2) is 24.5 Å². The lowest BCUT2D eigenvalue weighted by molar-refractivity contribution is -0.123. The van der Waals surface area contributed by atoms with Crippen molar-refractivity contribution < 1.29 is 4.79 Å². The van der Waals surface area contributed by atoms with Crippen LogP contribution in [0.4, 0.5) is 0 Å². The van der Waals surface area contributed by atoms with E-state index in [-0.39, 0.29) is 17.9 Å². The molecule has 2 N–H and O–H groups in total. The molecule has 0 spiro atoms. The second-order valence-electron chi connectivity index (χ2n) is 3.91. The Balaban J connectivity index is 1.94. The van der Waals surface area contributed by atoms with Crippen LogP contribution in [0.15, 0.2) is 0 Å². The first kappa shape index (κ1) is 8.52. The zero-order valence-corrected chi connectivity index (χ0v) is 7.47. The van der Waals surface area contributed by atoms with Gasteiger partial charge in [0.2, 0.25) is 5.91 Å². The Morgan fingerprint density at radius 3 is 3.15 bits per heavy atom. The molecule has 0 aromatic rings. The van der Waals surface area contributed by atoms with Gasteiger partial charge in [-0.05, 0) is 18.8 Å². The monoisotopic (exact) mass is 179 g/mol. The van der Waals surface area contributed by atoms with Gasteiger partial charge in [0.05, 0.1) is 11.6 Å². The van der Waals surface area contributed by atoms with Gasteiger partial charge in [-0.25, -0.2) is 0 Å². The molecular formula is C9H13N3O. The van der Waals surface area contributed by atoms with Crippen LogP contribution < -0.4 is 10.6 Å². The Bertz CT molecular complexity index is 271. The van der Waals surface area contributed by atoms with E-state index in [0.717, 1.165) is 19.5 Å². The number of amides is 1. The normalized spacial score (nSPS) is 35.8. The summed E-state index contributed by atoms with van der Waals surface area (Å²) in [6.45, 7) is 1.88. The van der Waals surface area contributed by atoms with E-state index >= 15 is 0 Å². The Kier molecular flexibility index (Phi) is 1.97. The van der Waals surface area contributed by atoms with Crippen LogP contribution >= 0.6 is 0 Å². The van der Waals surface area contributed by atoms with Crippen molar-refractivity contribution in [1.29, 1.82) is 5.26 Å². The number of carbonyl (C=O) groups excluding carboxylic acids is 1. The summed E-state index contributed by atoms with van der Waals surface area (Å²) in [4.78, 5) is 11.2. The quantitative estimate of drug-likeness (QED) is 0.615. The highest BCUT2D eigenvalue weighted by atomic mass is 16.1. The van der Waals surface area contributed by atoms with Crippen molar-refractivity contribution in [3.8, 4) is 6.07 Å². The van der Waals surface area contributed by atoms with E-state index in [1.807, 2.05) is 6.07 Å². The lowest BCUT2D eigenvalue weighted by atomic mass is 9.69. The number of rotatable bonds is 2. The maximum atomic E-state index is 11.2. The molecule has 0 radical (unpaired) electrons. The average molecular weight is 179 g/mol. The average Bonchev–Trinajstić information content (AvgIpc) is 2.32. The minimum absolute atomic E-state index is 0.00602. The molecule has 2 fully saturated rings. The summed E-state index contributed by atoms with van der Waals surface area (Å²) in [5.74, 6) is 0.464. The molecular weight excluding hydrogens is 166 g/mol. The second-order valence-corrected chi connectivity index (χ2v) is 3.91.